The van der Waals surface area contributed by atoms with E-state index in [4.69, 9.17) is 10.5 Å². The van der Waals surface area contributed by atoms with Crippen LogP contribution in [0.15, 0.2) is 42.6 Å². The zero-order chi connectivity index (χ0) is 16.7. The van der Waals surface area contributed by atoms with E-state index < -0.39 is 0 Å². The quantitative estimate of drug-likeness (QED) is 0.715. The summed E-state index contributed by atoms with van der Waals surface area (Å²) in [6.45, 7) is 3.26. The van der Waals surface area contributed by atoms with Crippen molar-refractivity contribution < 1.29 is 9.53 Å². The molecule has 24 heavy (non-hydrogen) atoms. The van der Waals surface area contributed by atoms with Crippen LogP contribution in [0.2, 0.25) is 0 Å². The van der Waals surface area contributed by atoms with Crippen molar-refractivity contribution in [3.63, 3.8) is 0 Å². The van der Waals surface area contributed by atoms with Gasteiger partial charge in [-0.25, -0.2) is 0 Å². The molecule has 0 saturated carbocycles. The molecule has 0 bridgehead atoms. The normalized spacial score (nSPS) is 13.0. The van der Waals surface area contributed by atoms with Crippen molar-refractivity contribution in [1.29, 1.82) is 0 Å². The summed E-state index contributed by atoms with van der Waals surface area (Å²) in [5, 5.41) is 7.15. The number of benzene rings is 1. The zero-order valence-electron chi connectivity index (χ0n) is 14.0. The maximum atomic E-state index is 12.3. The second kappa shape index (κ2) is 10.1. The number of nitrogens with zero attached hydrogens (tertiary/aromatic N) is 2. The predicted octanol–water partition coefficient (Wildman–Crippen LogP) is 2.62. The Bertz CT molecular complexity index is 618. The first kappa shape index (κ1) is 20.2. The van der Waals surface area contributed by atoms with Gasteiger partial charge in [0.25, 0.3) is 0 Å². The smallest absolute Gasteiger partial charge is 0.230 e. The fraction of sp³-hybridized carbons (Fsp3) is 0.412. The molecule has 6 nitrogen and oxygen atoms in total. The van der Waals surface area contributed by atoms with Crippen LogP contribution in [0.4, 0.5) is 5.82 Å². The number of methoxy groups -OCH3 is 1. The molecular formula is C17H25ClN4O2. The van der Waals surface area contributed by atoms with Crippen molar-refractivity contribution in [2.24, 2.45) is 11.7 Å². The predicted molar refractivity (Wildman–Crippen MR) is 97.1 cm³/mol. The molecule has 1 heterocycles. The van der Waals surface area contributed by atoms with Gasteiger partial charge in [-0.15, -0.1) is 12.4 Å². The van der Waals surface area contributed by atoms with Crippen LogP contribution in [-0.4, -0.2) is 29.4 Å². The Kier molecular flexibility index (Phi) is 8.46. The van der Waals surface area contributed by atoms with Gasteiger partial charge in [0.05, 0.1) is 5.92 Å². The van der Waals surface area contributed by atoms with Gasteiger partial charge in [0, 0.05) is 38.6 Å². The highest BCUT2D eigenvalue weighted by atomic mass is 35.5. The molecule has 0 aliphatic carbocycles. The van der Waals surface area contributed by atoms with Gasteiger partial charge in [0.2, 0.25) is 5.91 Å². The van der Waals surface area contributed by atoms with E-state index in [9.17, 15) is 4.79 Å². The fourth-order valence-corrected chi connectivity index (χ4v) is 2.29. The molecule has 0 fully saturated rings. The van der Waals surface area contributed by atoms with E-state index in [0.29, 0.717) is 12.4 Å². The molecular weight excluding hydrogens is 328 g/mol. The molecule has 2 rings (SSSR count). The van der Waals surface area contributed by atoms with Gasteiger partial charge in [0.15, 0.2) is 5.82 Å². The summed E-state index contributed by atoms with van der Waals surface area (Å²) in [5.41, 5.74) is 7.12. The summed E-state index contributed by atoms with van der Waals surface area (Å²) in [5.74, 6) is 0.0547. The third kappa shape index (κ3) is 5.63. The van der Waals surface area contributed by atoms with E-state index in [0.717, 1.165) is 18.5 Å². The first-order valence-corrected chi connectivity index (χ1v) is 7.75. The largest absolute Gasteiger partial charge is 0.385 e. The summed E-state index contributed by atoms with van der Waals surface area (Å²) < 4.78 is 6.80. The number of amides is 1. The van der Waals surface area contributed by atoms with Crippen LogP contribution in [0.3, 0.4) is 0 Å². The third-order valence-electron chi connectivity index (χ3n) is 3.76. The van der Waals surface area contributed by atoms with Gasteiger partial charge in [-0.2, -0.15) is 5.10 Å². The maximum absolute atomic E-state index is 12.3. The summed E-state index contributed by atoms with van der Waals surface area (Å²) in [7, 11) is 1.67. The van der Waals surface area contributed by atoms with Crippen molar-refractivity contribution in [2.75, 3.05) is 19.0 Å². The molecule has 0 spiro atoms. The highest BCUT2D eigenvalue weighted by molar-refractivity contribution is 5.91. The topological polar surface area (TPSA) is 82.2 Å². The minimum atomic E-state index is -0.351. The molecule has 7 heteroatoms. The Hall–Kier alpha value is -1.89. The number of aromatic nitrogens is 2. The van der Waals surface area contributed by atoms with Crippen molar-refractivity contribution in [2.45, 2.75) is 25.9 Å². The fourth-order valence-electron chi connectivity index (χ4n) is 2.29. The van der Waals surface area contributed by atoms with E-state index in [2.05, 4.69) is 10.4 Å². The Balaban J connectivity index is 0.00000288. The molecule has 2 atom stereocenters. The van der Waals surface area contributed by atoms with Gasteiger partial charge >= 0.3 is 0 Å². The first-order chi connectivity index (χ1) is 11.1. The van der Waals surface area contributed by atoms with E-state index in [1.54, 1.807) is 17.9 Å². The molecule has 0 saturated heterocycles. The number of halogens is 1. The van der Waals surface area contributed by atoms with Gasteiger partial charge < -0.3 is 15.8 Å². The number of carbonyl (C=O) groups excluding carboxylic acids is 1. The van der Waals surface area contributed by atoms with Crippen LogP contribution >= 0.6 is 12.4 Å². The zero-order valence-corrected chi connectivity index (χ0v) is 14.8. The van der Waals surface area contributed by atoms with E-state index in [-0.39, 0.29) is 30.3 Å². The Morgan fingerprint density at radius 2 is 2.04 bits per heavy atom. The summed E-state index contributed by atoms with van der Waals surface area (Å²) >= 11 is 0. The van der Waals surface area contributed by atoms with E-state index in [1.165, 1.54) is 0 Å². The SMILES string of the molecule is COCCCn1ccc(NC(=O)C(C)C(N)c2ccccc2)n1.Cl. The van der Waals surface area contributed by atoms with Gasteiger partial charge in [0.1, 0.15) is 0 Å². The number of hydrogen-bond acceptors (Lipinski definition) is 4. The Morgan fingerprint density at radius 1 is 1.33 bits per heavy atom. The lowest BCUT2D eigenvalue weighted by Gasteiger charge is -2.19. The molecule has 1 amide bonds. The molecule has 1 aromatic carbocycles. The number of anilines is 1. The van der Waals surface area contributed by atoms with Crippen molar-refractivity contribution >= 4 is 24.1 Å². The molecule has 2 aromatic rings. The number of nitrogens with one attached hydrogen (secondary N) is 1. The second-order valence-electron chi connectivity index (χ2n) is 5.52. The Morgan fingerprint density at radius 3 is 2.71 bits per heavy atom. The summed E-state index contributed by atoms with van der Waals surface area (Å²) in [6, 6.07) is 11.1. The molecule has 132 valence electrons. The Labute approximate surface area is 148 Å². The van der Waals surface area contributed by atoms with E-state index in [1.807, 2.05) is 43.5 Å². The number of aryl methyl sites for hydroxylation is 1. The lowest BCUT2D eigenvalue weighted by molar-refractivity contribution is -0.120. The second-order valence-corrected chi connectivity index (χ2v) is 5.52. The van der Waals surface area contributed by atoms with Crippen molar-refractivity contribution in [3.05, 3.63) is 48.2 Å². The highest BCUT2D eigenvalue weighted by Gasteiger charge is 2.22. The minimum Gasteiger partial charge on any atom is -0.385 e. The van der Waals surface area contributed by atoms with Crippen LogP contribution in [-0.2, 0) is 16.1 Å². The highest BCUT2D eigenvalue weighted by Crippen LogP contribution is 2.20. The monoisotopic (exact) mass is 352 g/mol. The maximum Gasteiger partial charge on any atom is 0.230 e. The lowest BCUT2D eigenvalue weighted by atomic mass is 9.95. The van der Waals surface area contributed by atoms with Crippen LogP contribution in [0.25, 0.3) is 0 Å². The number of carbonyl (C=O) groups is 1. The van der Waals surface area contributed by atoms with Crippen LogP contribution in [0.1, 0.15) is 24.9 Å². The standard InChI is InChI=1S/C17H24N4O2.ClH/c1-13(16(18)14-7-4-3-5-8-14)17(22)19-15-9-11-21(20-15)10-6-12-23-2;/h3-5,7-9,11,13,16H,6,10,12,18H2,1-2H3,(H,19,20,22);1H. The third-order valence-corrected chi connectivity index (χ3v) is 3.76. The average molecular weight is 353 g/mol. The van der Waals surface area contributed by atoms with Crippen molar-refractivity contribution in [1.82, 2.24) is 9.78 Å². The molecule has 1 aromatic heterocycles. The molecule has 3 N–H and O–H groups in total. The lowest BCUT2D eigenvalue weighted by Crippen LogP contribution is -2.30. The summed E-state index contributed by atoms with van der Waals surface area (Å²) in [6.07, 6.45) is 2.72. The van der Waals surface area contributed by atoms with E-state index >= 15 is 0 Å². The number of hydrogen-bond donors (Lipinski definition) is 2. The van der Waals surface area contributed by atoms with Crippen LogP contribution < -0.4 is 11.1 Å². The van der Waals surface area contributed by atoms with Crippen LogP contribution in [0.5, 0.6) is 0 Å². The molecule has 0 aliphatic rings. The van der Waals surface area contributed by atoms with Gasteiger partial charge in [-0.1, -0.05) is 37.3 Å². The summed E-state index contributed by atoms with van der Waals surface area (Å²) in [4.78, 5) is 12.3. The molecule has 2 unspecified atom stereocenters. The minimum absolute atomic E-state index is 0. The number of nitrogens with two attached hydrogens (primary N) is 1. The van der Waals surface area contributed by atoms with Gasteiger partial charge in [-0.05, 0) is 12.0 Å². The number of ether oxygens (including phenoxy) is 1. The number of rotatable bonds is 8. The van der Waals surface area contributed by atoms with Gasteiger partial charge in [-0.3, -0.25) is 9.48 Å². The molecule has 0 aliphatic heterocycles. The molecule has 0 radical (unpaired) electrons. The first-order valence-electron chi connectivity index (χ1n) is 7.75. The van der Waals surface area contributed by atoms with Crippen molar-refractivity contribution in [3.8, 4) is 0 Å². The van der Waals surface area contributed by atoms with Crippen LogP contribution in [0, 0.1) is 5.92 Å². The average Bonchev–Trinajstić information content (AvgIpc) is 3.02.